The Bertz CT molecular complexity index is 840. The number of nitrogens with zero attached hydrogens (tertiary/aromatic N) is 3. The molecule has 3 rings (SSSR count). The molecule has 6 heteroatoms. The number of imidazole rings is 1. The number of rotatable bonds is 1. The zero-order chi connectivity index (χ0) is 13.7. The maximum atomic E-state index is 5.46. The third kappa shape index (κ3) is 1.78. The highest BCUT2D eigenvalue weighted by Gasteiger charge is 2.15. The number of aryl methyl sites for hydroxylation is 2. The van der Waals surface area contributed by atoms with Crippen LogP contribution in [0, 0.1) is 18.6 Å². The molecule has 0 saturated carbocycles. The molecule has 1 aromatic carbocycles. The largest absolute Gasteiger partial charge is 0.327 e. The molecule has 2 heterocycles. The van der Waals surface area contributed by atoms with E-state index in [0.29, 0.717) is 4.77 Å². The van der Waals surface area contributed by atoms with E-state index in [9.17, 15) is 0 Å². The van der Waals surface area contributed by atoms with Crippen LogP contribution >= 0.6 is 28.1 Å². The lowest BCUT2D eigenvalue weighted by Crippen LogP contribution is -2.02. The van der Waals surface area contributed by atoms with Crippen LogP contribution in [0.4, 0.5) is 0 Å². The first-order valence-electron chi connectivity index (χ1n) is 5.90. The predicted octanol–water partition coefficient (Wildman–Crippen LogP) is 3.80. The van der Waals surface area contributed by atoms with Crippen LogP contribution < -0.4 is 0 Å². The van der Waals surface area contributed by atoms with Gasteiger partial charge in [-0.1, -0.05) is 22.0 Å². The number of aromatic amines is 1. The summed E-state index contributed by atoms with van der Waals surface area (Å²) in [5.41, 5.74) is 5.15. The van der Waals surface area contributed by atoms with E-state index < -0.39 is 0 Å². The van der Waals surface area contributed by atoms with Crippen molar-refractivity contribution in [2.75, 3.05) is 0 Å². The average molecular weight is 337 g/mol. The zero-order valence-electron chi connectivity index (χ0n) is 10.9. The van der Waals surface area contributed by atoms with E-state index in [0.717, 1.165) is 32.6 Å². The monoisotopic (exact) mass is 336 g/mol. The van der Waals surface area contributed by atoms with Crippen molar-refractivity contribution in [1.82, 2.24) is 19.3 Å². The van der Waals surface area contributed by atoms with Crippen molar-refractivity contribution >= 4 is 39.3 Å². The summed E-state index contributed by atoms with van der Waals surface area (Å²) in [6.45, 7) is 4.05. The Balaban J connectivity index is 2.46. The van der Waals surface area contributed by atoms with Gasteiger partial charge in [0.05, 0.1) is 11.4 Å². The molecule has 0 amide bonds. The summed E-state index contributed by atoms with van der Waals surface area (Å²) >= 11 is 9.03. The fraction of sp³-hybridized carbons (Fsp3) is 0.231. The standard InChI is InChI=1S/C13H13BrN4S/c1-7-9(14)5-4-6-10(7)18-12-11(15-13(18)19)8(2)16-17(12)3/h4-6H,1-3H3,(H,15,19). The molecule has 4 nitrogen and oxygen atoms in total. The van der Waals surface area contributed by atoms with Gasteiger partial charge >= 0.3 is 0 Å². The molecule has 2 aromatic heterocycles. The van der Waals surface area contributed by atoms with Crippen molar-refractivity contribution in [3.63, 3.8) is 0 Å². The van der Waals surface area contributed by atoms with E-state index in [2.05, 4.69) is 39.0 Å². The third-order valence-corrected chi connectivity index (χ3v) is 4.46. The maximum absolute atomic E-state index is 5.46. The number of hydrogen-bond donors (Lipinski definition) is 1. The highest BCUT2D eigenvalue weighted by Crippen LogP contribution is 2.27. The van der Waals surface area contributed by atoms with Crippen LogP contribution in [-0.4, -0.2) is 19.3 Å². The van der Waals surface area contributed by atoms with Gasteiger partial charge in [-0.05, 0) is 43.8 Å². The van der Waals surface area contributed by atoms with Gasteiger partial charge in [0.15, 0.2) is 10.4 Å². The second-order valence-electron chi connectivity index (χ2n) is 4.56. The molecule has 3 aromatic rings. The van der Waals surface area contributed by atoms with Crippen LogP contribution in [0.25, 0.3) is 16.9 Å². The minimum Gasteiger partial charge on any atom is -0.327 e. The normalized spacial score (nSPS) is 11.4. The van der Waals surface area contributed by atoms with E-state index in [-0.39, 0.29) is 0 Å². The van der Waals surface area contributed by atoms with E-state index >= 15 is 0 Å². The minimum absolute atomic E-state index is 0.687. The fourth-order valence-electron chi connectivity index (χ4n) is 2.37. The van der Waals surface area contributed by atoms with E-state index in [4.69, 9.17) is 12.2 Å². The molecular weight excluding hydrogens is 324 g/mol. The second-order valence-corrected chi connectivity index (χ2v) is 5.80. The number of nitrogens with one attached hydrogen (secondary N) is 1. The topological polar surface area (TPSA) is 38.5 Å². The van der Waals surface area contributed by atoms with Crippen molar-refractivity contribution in [3.8, 4) is 5.69 Å². The summed E-state index contributed by atoms with van der Waals surface area (Å²) in [6.07, 6.45) is 0. The van der Waals surface area contributed by atoms with Gasteiger partial charge in [-0.15, -0.1) is 0 Å². The summed E-state index contributed by atoms with van der Waals surface area (Å²) in [5, 5.41) is 4.44. The van der Waals surface area contributed by atoms with Crippen molar-refractivity contribution in [3.05, 3.63) is 38.7 Å². The van der Waals surface area contributed by atoms with Gasteiger partial charge in [0.1, 0.15) is 5.52 Å². The van der Waals surface area contributed by atoms with Crippen LogP contribution in [0.5, 0.6) is 0 Å². The number of benzene rings is 1. The third-order valence-electron chi connectivity index (χ3n) is 3.32. The van der Waals surface area contributed by atoms with E-state index in [1.165, 1.54) is 0 Å². The lowest BCUT2D eigenvalue weighted by atomic mass is 10.2. The lowest BCUT2D eigenvalue weighted by molar-refractivity contribution is 0.758. The minimum atomic E-state index is 0.687. The van der Waals surface area contributed by atoms with Crippen LogP contribution in [0.2, 0.25) is 0 Å². The molecular formula is C13H13BrN4S. The maximum Gasteiger partial charge on any atom is 0.184 e. The quantitative estimate of drug-likeness (QED) is 0.686. The molecule has 0 aliphatic heterocycles. The molecule has 0 radical (unpaired) electrons. The molecule has 0 aliphatic rings. The van der Waals surface area contributed by atoms with Gasteiger partial charge in [0.2, 0.25) is 0 Å². The van der Waals surface area contributed by atoms with Gasteiger partial charge < -0.3 is 4.98 Å². The number of fused-ring (bicyclic) bond motifs is 1. The first-order chi connectivity index (χ1) is 9.00. The van der Waals surface area contributed by atoms with Gasteiger partial charge in [-0.3, -0.25) is 4.57 Å². The highest BCUT2D eigenvalue weighted by molar-refractivity contribution is 9.10. The second kappa shape index (κ2) is 4.31. The van der Waals surface area contributed by atoms with Gasteiger partial charge in [0.25, 0.3) is 0 Å². The Morgan fingerprint density at radius 3 is 2.79 bits per heavy atom. The molecule has 0 aliphatic carbocycles. The molecule has 0 atom stereocenters. The Morgan fingerprint density at radius 2 is 2.05 bits per heavy atom. The molecule has 0 spiro atoms. The Labute approximate surface area is 124 Å². The van der Waals surface area contributed by atoms with Crippen LogP contribution in [0.1, 0.15) is 11.3 Å². The van der Waals surface area contributed by atoms with Gasteiger partial charge in [-0.25, -0.2) is 4.68 Å². The first kappa shape index (κ1) is 12.6. The Morgan fingerprint density at radius 1 is 1.32 bits per heavy atom. The number of aromatic nitrogens is 4. The molecule has 1 N–H and O–H groups in total. The van der Waals surface area contributed by atoms with E-state index in [1.807, 2.05) is 35.4 Å². The van der Waals surface area contributed by atoms with Crippen LogP contribution in [-0.2, 0) is 7.05 Å². The molecule has 0 bridgehead atoms. The Kier molecular flexibility index (Phi) is 2.87. The zero-order valence-corrected chi connectivity index (χ0v) is 13.3. The van der Waals surface area contributed by atoms with Crippen molar-refractivity contribution < 1.29 is 0 Å². The summed E-state index contributed by atoms with van der Waals surface area (Å²) in [6, 6.07) is 6.10. The molecule has 0 unspecified atom stereocenters. The van der Waals surface area contributed by atoms with Gasteiger partial charge in [-0.2, -0.15) is 5.10 Å². The fourth-order valence-corrected chi connectivity index (χ4v) is 3.01. The SMILES string of the molecule is Cc1c(Br)cccc1-n1c(=S)[nH]c2c(C)nn(C)c21. The first-order valence-corrected chi connectivity index (χ1v) is 7.10. The summed E-state index contributed by atoms with van der Waals surface area (Å²) in [5.74, 6) is 0. The lowest BCUT2D eigenvalue weighted by Gasteiger charge is -2.09. The molecule has 98 valence electrons. The number of halogens is 1. The summed E-state index contributed by atoms with van der Waals surface area (Å²) < 4.78 is 5.65. The highest BCUT2D eigenvalue weighted by atomic mass is 79.9. The predicted molar refractivity (Wildman–Crippen MR) is 82.4 cm³/mol. The molecule has 0 fully saturated rings. The van der Waals surface area contributed by atoms with Crippen LogP contribution in [0.3, 0.4) is 0 Å². The van der Waals surface area contributed by atoms with Gasteiger partial charge in [0, 0.05) is 11.5 Å². The molecule has 19 heavy (non-hydrogen) atoms. The number of H-pyrrole nitrogens is 1. The van der Waals surface area contributed by atoms with E-state index in [1.54, 1.807) is 0 Å². The van der Waals surface area contributed by atoms with Crippen LogP contribution in [0.15, 0.2) is 22.7 Å². The number of hydrogen-bond acceptors (Lipinski definition) is 2. The smallest absolute Gasteiger partial charge is 0.184 e. The van der Waals surface area contributed by atoms with Crippen molar-refractivity contribution in [1.29, 1.82) is 0 Å². The summed E-state index contributed by atoms with van der Waals surface area (Å²) in [7, 11) is 1.93. The summed E-state index contributed by atoms with van der Waals surface area (Å²) in [4.78, 5) is 3.24. The Hall–Kier alpha value is -1.40. The molecule has 0 saturated heterocycles. The van der Waals surface area contributed by atoms with Crippen molar-refractivity contribution in [2.45, 2.75) is 13.8 Å². The average Bonchev–Trinajstić information content (AvgIpc) is 2.82. The van der Waals surface area contributed by atoms with Crippen molar-refractivity contribution in [2.24, 2.45) is 7.05 Å².